The first-order valence-corrected chi connectivity index (χ1v) is 6.69. The largest absolute Gasteiger partial charge is 0.338 e. The van der Waals surface area contributed by atoms with Crippen molar-refractivity contribution in [1.29, 1.82) is 0 Å². The predicted octanol–water partition coefficient (Wildman–Crippen LogP) is 2.14. The van der Waals surface area contributed by atoms with Crippen molar-refractivity contribution in [2.75, 3.05) is 12.3 Å². The first-order chi connectivity index (χ1) is 7.40. The Bertz CT molecular complexity index is 297. The minimum atomic E-state index is 0.284. The van der Waals surface area contributed by atoms with Gasteiger partial charge in [0, 0.05) is 0 Å². The number of nitrogens with zero attached hydrogens (tertiary/aromatic N) is 2. The van der Waals surface area contributed by atoms with Crippen LogP contribution >= 0.6 is 11.8 Å². The van der Waals surface area contributed by atoms with Crippen LogP contribution in [0.2, 0.25) is 0 Å². The lowest BCUT2D eigenvalue weighted by Crippen LogP contribution is -2.26. The minimum Gasteiger partial charge on any atom is -0.338 e. The zero-order valence-electron chi connectivity index (χ0n) is 9.03. The molecule has 1 N–H and O–H groups in total. The van der Waals surface area contributed by atoms with E-state index >= 15 is 0 Å². The van der Waals surface area contributed by atoms with E-state index in [2.05, 4.69) is 22.4 Å². The van der Waals surface area contributed by atoms with Gasteiger partial charge in [0.25, 0.3) is 0 Å². The fourth-order valence-corrected chi connectivity index (χ4v) is 2.23. The van der Waals surface area contributed by atoms with Gasteiger partial charge in [-0.3, -0.25) is 0 Å². The number of rotatable bonds is 4. The Morgan fingerprint density at radius 3 is 3.20 bits per heavy atom. The molecule has 15 heavy (non-hydrogen) atoms. The summed E-state index contributed by atoms with van der Waals surface area (Å²) in [5, 5.41) is 7.38. The average molecular weight is 227 g/mol. The summed E-state index contributed by atoms with van der Waals surface area (Å²) in [4.78, 5) is 4.41. The Hall–Kier alpha value is -0.550. The number of hydrogen-bond acceptors (Lipinski definition) is 5. The molecule has 0 aliphatic carbocycles. The molecule has 1 aliphatic rings. The second-order valence-corrected chi connectivity index (χ2v) is 4.96. The molecular formula is C10H17N3OS. The number of hydrogen-bond donors (Lipinski definition) is 1. The van der Waals surface area contributed by atoms with Crippen LogP contribution in [0.3, 0.4) is 0 Å². The zero-order valence-corrected chi connectivity index (χ0v) is 9.85. The highest BCUT2D eigenvalue weighted by Gasteiger charge is 2.20. The third kappa shape index (κ3) is 2.95. The lowest BCUT2D eigenvalue weighted by Gasteiger charge is -2.19. The van der Waals surface area contributed by atoms with Gasteiger partial charge in [-0.15, -0.1) is 0 Å². The fourth-order valence-electron chi connectivity index (χ4n) is 1.72. The van der Waals surface area contributed by atoms with Gasteiger partial charge in [0.1, 0.15) is 0 Å². The Balaban J connectivity index is 1.93. The Morgan fingerprint density at radius 2 is 2.47 bits per heavy atom. The molecule has 0 spiro atoms. The summed E-state index contributed by atoms with van der Waals surface area (Å²) >= 11 is 1.82. The van der Waals surface area contributed by atoms with Gasteiger partial charge in [0.05, 0.1) is 11.8 Å². The van der Waals surface area contributed by atoms with Crippen LogP contribution in [0, 0.1) is 0 Å². The normalized spacial score (nSPS) is 21.8. The molecule has 2 heterocycles. The smallest absolute Gasteiger partial charge is 0.243 e. The molecule has 1 fully saturated rings. The molecule has 1 atom stereocenters. The second kappa shape index (κ2) is 5.51. The topological polar surface area (TPSA) is 51.0 Å². The molecule has 0 bridgehead atoms. The summed E-state index contributed by atoms with van der Waals surface area (Å²) in [6.07, 6.45) is 3.62. The highest BCUT2D eigenvalue weighted by Crippen LogP contribution is 2.21. The molecule has 4 nitrogen and oxygen atoms in total. The van der Waals surface area contributed by atoms with E-state index < -0.39 is 0 Å². The van der Waals surface area contributed by atoms with Crippen LogP contribution in [0.15, 0.2) is 4.52 Å². The van der Waals surface area contributed by atoms with E-state index in [1.807, 2.05) is 11.8 Å². The van der Waals surface area contributed by atoms with Gasteiger partial charge in [-0.2, -0.15) is 16.7 Å². The predicted molar refractivity (Wildman–Crippen MR) is 60.7 cm³/mol. The summed E-state index contributed by atoms with van der Waals surface area (Å²) in [6.45, 7) is 3.19. The monoisotopic (exact) mass is 227 g/mol. The molecule has 0 saturated carbocycles. The second-order valence-electron chi connectivity index (χ2n) is 3.69. The van der Waals surface area contributed by atoms with Crippen LogP contribution < -0.4 is 5.32 Å². The quantitative estimate of drug-likeness (QED) is 0.854. The molecule has 1 saturated heterocycles. The molecule has 1 aromatic heterocycles. The van der Waals surface area contributed by atoms with Gasteiger partial charge >= 0.3 is 0 Å². The maximum absolute atomic E-state index is 5.26. The van der Waals surface area contributed by atoms with Gasteiger partial charge in [-0.25, -0.2) is 0 Å². The Kier molecular flexibility index (Phi) is 4.02. The van der Waals surface area contributed by atoms with Crippen molar-refractivity contribution in [3.8, 4) is 0 Å². The van der Waals surface area contributed by atoms with E-state index in [0.29, 0.717) is 0 Å². The average Bonchev–Trinajstić information content (AvgIpc) is 2.76. The van der Waals surface area contributed by atoms with Gasteiger partial charge in [0.2, 0.25) is 5.89 Å². The number of aromatic nitrogens is 2. The van der Waals surface area contributed by atoms with Gasteiger partial charge < -0.3 is 9.84 Å². The summed E-state index contributed by atoms with van der Waals surface area (Å²) < 4.78 is 5.26. The number of thioether (sulfide) groups is 1. The number of nitrogens with one attached hydrogen (secondary N) is 1. The van der Waals surface area contributed by atoms with Crippen LogP contribution in [0.1, 0.15) is 43.9 Å². The maximum atomic E-state index is 5.26. The van der Waals surface area contributed by atoms with E-state index in [0.717, 1.165) is 36.2 Å². The minimum absolute atomic E-state index is 0.284. The first-order valence-electron chi connectivity index (χ1n) is 5.53. The maximum Gasteiger partial charge on any atom is 0.243 e. The molecule has 0 unspecified atom stereocenters. The lowest BCUT2D eigenvalue weighted by molar-refractivity contribution is 0.296. The molecule has 1 aromatic rings. The highest BCUT2D eigenvalue weighted by atomic mass is 32.2. The third-order valence-corrected chi connectivity index (χ3v) is 3.40. The van der Waals surface area contributed by atoms with Crippen molar-refractivity contribution in [3.63, 3.8) is 0 Å². The number of piperidine rings is 1. The van der Waals surface area contributed by atoms with Crippen molar-refractivity contribution in [2.45, 2.75) is 38.0 Å². The van der Waals surface area contributed by atoms with Crippen LogP contribution in [-0.4, -0.2) is 22.4 Å². The first kappa shape index (κ1) is 11.0. The van der Waals surface area contributed by atoms with Crippen molar-refractivity contribution in [3.05, 3.63) is 11.7 Å². The molecule has 1 aliphatic heterocycles. The van der Waals surface area contributed by atoms with Crippen molar-refractivity contribution in [1.82, 2.24) is 15.5 Å². The van der Waals surface area contributed by atoms with Crippen molar-refractivity contribution >= 4 is 11.8 Å². The van der Waals surface area contributed by atoms with E-state index in [1.54, 1.807) is 0 Å². The van der Waals surface area contributed by atoms with E-state index in [-0.39, 0.29) is 6.04 Å². The molecule has 84 valence electrons. The molecule has 0 radical (unpaired) electrons. The summed E-state index contributed by atoms with van der Waals surface area (Å²) in [5.74, 6) is 3.53. The summed E-state index contributed by atoms with van der Waals surface area (Å²) in [5.41, 5.74) is 0. The van der Waals surface area contributed by atoms with Gasteiger partial charge in [-0.05, 0) is 25.1 Å². The standard InChI is InChI=1S/C10H17N3OS/c1-2-15-7-9-12-10(14-13-9)8-5-3-4-6-11-8/h8,11H,2-7H2,1H3/t8-/m1/s1. The summed E-state index contributed by atoms with van der Waals surface area (Å²) in [6, 6.07) is 0.284. The van der Waals surface area contributed by atoms with E-state index in [1.165, 1.54) is 12.8 Å². The molecule has 5 heteroatoms. The SMILES string of the molecule is CCSCc1noc([C@H]2CCCCN2)n1. The third-order valence-electron chi connectivity index (χ3n) is 2.53. The van der Waals surface area contributed by atoms with Gasteiger partial charge in [-0.1, -0.05) is 18.5 Å². The van der Waals surface area contributed by atoms with Crippen LogP contribution in [0.4, 0.5) is 0 Å². The zero-order chi connectivity index (χ0) is 10.5. The van der Waals surface area contributed by atoms with E-state index in [4.69, 9.17) is 4.52 Å². The molecule has 0 aromatic carbocycles. The fraction of sp³-hybridized carbons (Fsp3) is 0.800. The Morgan fingerprint density at radius 1 is 1.53 bits per heavy atom. The van der Waals surface area contributed by atoms with Crippen LogP contribution in [-0.2, 0) is 5.75 Å². The Labute approximate surface area is 94.2 Å². The highest BCUT2D eigenvalue weighted by molar-refractivity contribution is 7.98. The van der Waals surface area contributed by atoms with Crippen molar-refractivity contribution < 1.29 is 4.52 Å². The molecule has 2 rings (SSSR count). The molecule has 0 amide bonds. The van der Waals surface area contributed by atoms with E-state index in [9.17, 15) is 0 Å². The van der Waals surface area contributed by atoms with Crippen LogP contribution in [0.25, 0.3) is 0 Å². The van der Waals surface area contributed by atoms with Crippen LogP contribution in [0.5, 0.6) is 0 Å². The lowest BCUT2D eigenvalue weighted by atomic mass is 10.1. The van der Waals surface area contributed by atoms with Gasteiger partial charge in [0.15, 0.2) is 5.82 Å². The van der Waals surface area contributed by atoms with Crippen molar-refractivity contribution in [2.24, 2.45) is 0 Å². The molecular weight excluding hydrogens is 210 g/mol. The summed E-state index contributed by atoms with van der Waals surface area (Å²) in [7, 11) is 0.